The van der Waals surface area contributed by atoms with E-state index in [1.165, 1.54) is 25.1 Å². The second kappa shape index (κ2) is 8.60. The number of aliphatic hydroxyl groups excluding tert-OH is 2. The average Bonchev–Trinajstić information content (AvgIpc) is 2.77. The molecule has 0 bridgehead atoms. The molecule has 3 aliphatic rings. The highest BCUT2D eigenvalue weighted by molar-refractivity contribution is 6.24. The summed E-state index contributed by atoms with van der Waals surface area (Å²) in [6.45, 7) is 1.10. The van der Waals surface area contributed by atoms with Gasteiger partial charge in [0.15, 0.2) is 11.4 Å². The highest BCUT2D eigenvalue weighted by Gasteiger charge is 2.68. The molecule has 1 saturated carbocycles. The standard InChI is InChI=1S/C25H29N3O9/c1-9(29)37-21-11-8-10-12(27(2)3)6-7-13(30)14(10)19(31)15(11)22(33)25(36)17(21)18(28(4)5)20(32)16(23(25)34)24(26)35/h6-7,11,17-18,21,30-31,34,36H,8H2,1-5H3,(H2,26,35)/t11-,17-,18+,21+,25+/m1/s1. The Labute approximate surface area is 212 Å². The molecule has 0 spiro atoms. The molecule has 12 heteroatoms. The number of nitrogens with two attached hydrogens (primary N) is 1. The molecule has 0 unspecified atom stereocenters. The van der Waals surface area contributed by atoms with E-state index < -0.39 is 75.7 Å². The fourth-order valence-corrected chi connectivity index (χ4v) is 5.98. The van der Waals surface area contributed by atoms with Gasteiger partial charge in [-0.3, -0.25) is 24.1 Å². The third-order valence-electron chi connectivity index (χ3n) is 7.42. The number of anilines is 1. The Morgan fingerprint density at radius 3 is 2.24 bits per heavy atom. The van der Waals surface area contributed by atoms with Crippen LogP contribution in [0.4, 0.5) is 5.69 Å². The number of hydrogen-bond donors (Lipinski definition) is 5. The van der Waals surface area contributed by atoms with Crippen molar-refractivity contribution in [2.75, 3.05) is 33.1 Å². The van der Waals surface area contributed by atoms with Gasteiger partial charge in [0.25, 0.3) is 5.91 Å². The Morgan fingerprint density at radius 1 is 1.11 bits per heavy atom. The number of aromatic hydroxyl groups is 1. The Bertz CT molecular complexity index is 1310. The van der Waals surface area contributed by atoms with Crippen molar-refractivity contribution in [3.8, 4) is 5.75 Å². The normalized spacial score (nSPS) is 29.1. The highest BCUT2D eigenvalue weighted by Crippen LogP contribution is 2.54. The molecule has 0 aromatic heterocycles. The number of carbonyl (C=O) groups excluding carboxylic acids is 4. The number of phenols is 1. The van der Waals surface area contributed by atoms with Gasteiger partial charge in [0.1, 0.15) is 28.9 Å². The van der Waals surface area contributed by atoms with E-state index in [9.17, 15) is 39.6 Å². The van der Waals surface area contributed by atoms with Gasteiger partial charge in [-0.15, -0.1) is 0 Å². The van der Waals surface area contributed by atoms with Gasteiger partial charge in [0, 0.05) is 38.2 Å². The summed E-state index contributed by atoms with van der Waals surface area (Å²) in [5.41, 5.74) is 2.03. The first kappa shape index (κ1) is 26.2. The number of nitrogens with zero attached hydrogens (tertiary/aromatic N) is 2. The maximum absolute atomic E-state index is 14.0. The lowest BCUT2D eigenvalue weighted by Gasteiger charge is -2.53. The van der Waals surface area contributed by atoms with Crippen molar-refractivity contribution in [3.05, 3.63) is 40.2 Å². The summed E-state index contributed by atoms with van der Waals surface area (Å²) < 4.78 is 5.61. The number of benzene rings is 1. The number of Topliss-reactive ketones (excluding diaryl/α,β-unsaturated/α-hetero) is 2. The van der Waals surface area contributed by atoms with Crippen LogP contribution in [0.1, 0.15) is 18.1 Å². The maximum Gasteiger partial charge on any atom is 0.302 e. The molecule has 37 heavy (non-hydrogen) atoms. The Kier molecular flexibility index (Phi) is 6.08. The Balaban J connectivity index is 2.11. The van der Waals surface area contributed by atoms with Crippen LogP contribution in [0.3, 0.4) is 0 Å². The zero-order chi connectivity index (χ0) is 27.7. The third-order valence-corrected chi connectivity index (χ3v) is 7.42. The van der Waals surface area contributed by atoms with E-state index in [4.69, 9.17) is 10.5 Å². The van der Waals surface area contributed by atoms with Crippen molar-refractivity contribution in [2.24, 2.45) is 17.6 Å². The smallest absolute Gasteiger partial charge is 0.302 e. The number of primary amides is 1. The van der Waals surface area contributed by atoms with Gasteiger partial charge < -0.3 is 35.8 Å². The summed E-state index contributed by atoms with van der Waals surface area (Å²) >= 11 is 0. The van der Waals surface area contributed by atoms with E-state index in [0.29, 0.717) is 11.3 Å². The van der Waals surface area contributed by atoms with Crippen LogP contribution >= 0.6 is 0 Å². The molecule has 4 rings (SSSR count). The number of aliphatic hydroxyl groups is 3. The van der Waals surface area contributed by atoms with Gasteiger partial charge in [0.05, 0.1) is 17.5 Å². The first-order chi connectivity index (χ1) is 17.2. The Hall–Kier alpha value is -3.90. The molecular weight excluding hydrogens is 486 g/mol. The van der Waals surface area contributed by atoms with Crippen LogP contribution in [0.25, 0.3) is 5.76 Å². The molecular formula is C25H29N3O9. The minimum Gasteiger partial charge on any atom is -0.508 e. The van der Waals surface area contributed by atoms with Crippen LogP contribution in [0.2, 0.25) is 0 Å². The van der Waals surface area contributed by atoms with E-state index in [1.807, 2.05) is 0 Å². The fraction of sp³-hybridized carbons (Fsp3) is 0.440. The SMILES string of the molecule is CC(=O)O[C@@H]1[C@H]2[C@H](N(C)C)C(=O)C(C(N)=O)=C(O)[C@@]2(O)C(=O)C2=C(O)c3c(O)ccc(N(C)C)c3C[C@H]21. The van der Waals surface area contributed by atoms with Crippen molar-refractivity contribution in [1.82, 2.24) is 4.90 Å². The number of esters is 1. The van der Waals surface area contributed by atoms with E-state index in [1.54, 1.807) is 25.1 Å². The molecule has 0 radical (unpaired) electrons. The van der Waals surface area contributed by atoms with Crippen LogP contribution in [-0.2, 0) is 30.3 Å². The molecule has 1 aromatic carbocycles. The van der Waals surface area contributed by atoms with Crippen LogP contribution in [0.15, 0.2) is 29.0 Å². The van der Waals surface area contributed by atoms with Crippen LogP contribution in [0.5, 0.6) is 5.75 Å². The van der Waals surface area contributed by atoms with Gasteiger partial charge in [-0.25, -0.2) is 0 Å². The molecule has 1 fully saturated rings. The fourth-order valence-electron chi connectivity index (χ4n) is 5.98. The van der Waals surface area contributed by atoms with E-state index in [2.05, 4.69) is 0 Å². The van der Waals surface area contributed by atoms with Gasteiger partial charge in [0.2, 0.25) is 5.78 Å². The van der Waals surface area contributed by atoms with Crippen molar-refractivity contribution in [3.63, 3.8) is 0 Å². The molecule has 0 aliphatic heterocycles. The van der Waals surface area contributed by atoms with Crippen LogP contribution in [0, 0.1) is 11.8 Å². The molecule has 198 valence electrons. The average molecular weight is 516 g/mol. The van der Waals surface area contributed by atoms with Crippen LogP contribution < -0.4 is 10.6 Å². The number of fused-ring (bicyclic) bond motifs is 3. The number of amides is 1. The number of ether oxygens (including phenoxy) is 1. The van der Waals surface area contributed by atoms with Crippen molar-refractivity contribution < 1.29 is 44.3 Å². The molecule has 6 N–H and O–H groups in total. The number of ketones is 2. The molecule has 3 aliphatic carbocycles. The minimum absolute atomic E-state index is 0.0194. The summed E-state index contributed by atoms with van der Waals surface area (Å²) in [6, 6.07) is 1.55. The van der Waals surface area contributed by atoms with Gasteiger partial charge in [-0.05, 0) is 38.2 Å². The highest BCUT2D eigenvalue weighted by atomic mass is 16.5. The summed E-state index contributed by atoms with van der Waals surface area (Å²) in [6.07, 6.45) is -1.43. The third kappa shape index (κ3) is 3.50. The van der Waals surface area contributed by atoms with Crippen molar-refractivity contribution in [2.45, 2.75) is 31.1 Å². The van der Waals surface area contributed by atoms with Crippen LogP contribution in [-0.4, -0.2) is 94.7 Å². The molecule has 12 nitrogen and oxygen atoms in total. The summed E-state index contributed by atoms with van der Waals surface area (Å²) in [4.78, 5) is 54.8. The lowest BCUT2D eigenvalue weighted by atomic mass is 9.56. The number of rotatable bonds is 4. The molecule has 5 atom stereocenters. The molecule has 1 amide bonds. The lowest BCUT2D eigenvalue weighted by Crippen LogP contribution is -2.70. The van der Waals surface area contributed by atoms with Crippen molar-refractivity contribution in [1.29, 1.82) is 0 Å². The zero-order valence-electron chi connectivity index (χ0n) is 21.0. The first-order valence-corrected chi connectivity index (χ1v) is 11.5. The topological polar surface area (TPSA) is 191 Å². The monoisotopic (exact) mass is 515 g/mol. The number of phenolic OH excluding ortho intramolecular Hbond substituents is 1. The van der Waals surface area contributed by atoms with Crippen molar-refractivity contribution >= 4 is 34.9 Å². The minimum atomic E-state index is -2.95. The quantitative estimate of drug-likeness (QED) is 0.258. The number of hydrogen-bond acceptors (Lipinski definition) is 11. The lowest BCUT2D eigenvalue weighted by molar-refractivity contribution is -0.183. The van der Waals surface area contributed by atoms with Gasteiger partial charge in [-0.2, -0.15) is 0 Å². The number of likely N-dealkylation sites (N-methyl/N-ethyl adjacent to an activating group) is 1. The second-order valence-corrected chi connectivity index (χ2v) is 9.98. The summed E-state index contributed by atoms with van der Waals surface area (Å²) in [5.74, 6) is -9.21. The maximum atomic E-state index is 14.0. The molecule has 0 heterocycles. The Morgan fingerprint density at radius 2 is 1.73 bits per heavy atom. The molecule has 0 saturated heterocycles. The predicted molar refractivity (Wildman–Crippen MR) is 130 cm³/mol. The second-order valence-electron chi connectivity index (χ2n) is 9.98. The first-order valence-electron chi connectivity index (χ1n) is 11.5. The molecule has 1 aromatic rings. The largest absolute Gasteiger partial charge is 0.508 e. The van der Waals surface area contributed by atoms with E-state index >= 15 is 0 Å². The summed E-state index contributed by atoms with van der Waals surface area (Å²) in [7, 11) is 6.40. The summed E-state index contributed by atoms with van der Waals surface area (Å²) in [5, 5.41) is 44.7. The van der Waals surface area contributed by atoms with E-state index in [-0.39, 0.29) is 17.7 Å². The van der Waals surface area contributed by atoms with Gasteiger partial charge in [-0.1, -0.05) is 0 Å². The van der Waals surface area contributed by atoms with E-state index in [0.717, 1.165) is 6.92 Å². The van der Waals surface area contributed by atoms with Gasteiger partial charge >= 0.3 is 5.97 Å². The zero-order valence-corrected chi connectivity index (χ0v) is 21.0. The predicted octanol–water partition coefficient (Wildman–Crippen LogP) is -0.428. The number of carbonyl (C=O) groups is 4.